The number of thiophene rings is 1. The van der Waals surface area contributed by atoms with Crippen molar-refractivity contribution >= 4 is 33.1 Å². The minimum Gasteiger partial charge on any atom is -0.370 e. The topological polar surface area (TPSA) is 49.8 Å². The van der Waals surface area contributed by atoms with Crippen molar-refractivity contribution in [2.45, 2.75) is 13.0 Å². The summed E-state index contributed by atoms with van der Waals surface area (Å²) in [7, 11) is 1.89. The van der Waals surface area contributed by atoms with Gasteiger partial charge in [0, 0.05) is 17.6 Å². The first-order valence-electron chi connectivity index (χ1n) is 5.72. The summed E-state index contributed by atoms with van der Waals surface area (Å²) >= 11 is 5.23. The maximum absolute atomic E-state index is 4.41. The van der Waals surface area contributed by atoms with E-state index in [1.807, 2.05) is 13.1 Å². The predicted octanol–water partition coefficient (Wildman–Crippen LogP) is 2.67. The molecule has 2 rings (SSSR count). The molecule has 2 N–H and O–H groups in total. The normalized spacial score (nSPS) is 10.6. The van der Waals surface area contributed by atoms with E-state index in [0.717, 1.165) is 24.6 Å². The van der Waals surface area contributed by atoms with Crippen LogP contribution in [-0.2, 0) is 13.0 Å². The molecule has 4 nitrogen and oxygen atoms in total. The fourth-order valence-corrected chi connectivity index (χ4v) is 3.02. The summed E-state index contributed by atoms with van der Waals surface area (Å²) in [4.78, 5) is 9.95. The second-order valence-electron chi connectivity index (χ2n) is 3.77. The Morgan fingerprint density at radius 2 is 2.22 bits per heavy atom. The number of halogens is 1. The maximum Gasteiger partial charge on any atom is 0.144 e. The predicted molar refractivity (Wildman–Crippen MR) is 79.0 cm³/mol. The van der Waals surface area contributed by atoms with E-state index in [1.54, 1.807) is 17.5 Å². The number of aromatic nitrogens is 2. The largest absolute Gasteiger partial charge is 0.370 e. The fourth-order valence-electron chi connectivity index (χ4n) is 1.54. The lowest BCUT2D eigenvalue weighted by Gasteiger charge is -2.05. The van der Waals surface area contributed by atoms with E-state index < -0.39 is 0 Å². The molecule has 0 fully saturated rings. The van der Waals surface area contributed by atoms with E-state index in [4.69, 9.17) is 0 Å². The molecule has 2 aromatic rings. The molecular weight excluding hydrogens is 312 g/mol. The van der Waals surface area contributed by atoms with Crippen molar-refractivity contribution in [3.8, 4) is 0 Å². The van der Waals surface area contributed by atoms with Crippen LogP contribution < -0.4 is 10.6 Å². The third kappa shape index (κ3) is 4.04. The van der Waals surface area contributed by atoms with Gasteiger partial charge >= 0.3 is 0 Å². The third-order valence-electron chi connectivity index (χ3n) is 2.35. The molecule has 0 atom stereocenters. The number of anilines is 1. The molecular formula is C12H15BrN4S. The number of nitrogens with zero attached hydrogens (tertiary/aromatic N) is 2. The summed E-state index contributed by atoms with van der Waals surface area (Å²) in [6, 6.07) is 6.11. The first kappa shape index (κ1) is 13.5. The Labute approximate surface area is 119 Å². The van der Waals surface area contributed by atoms with Crippen LogP contribution >= 0.6 is 27.3 Å². The molecule has 0 aliphatic carbocycles. The van der Waals surface area contributed by atoms with E-state index in [2.05, 4.69) is 48.7 Å². The van der Waals surface area contributed by atoms with Gasteiger partial charge < -0.3 is 10.6 Å². The van der Waals surface area contributed by atoms with Gasteiger partial charge in [0.25, 0.3) is 0 Å². The minimum absolute atomic E-state index is 0.688. The van der Waals surface area contributed by atoms with Crippen LogP contribution in [0.3, 0.4) is 0 Å². The highest BCUT2D eigenvalue weighted by Crippen LogP contribution is 2.22. The Morgan fingerprint density at radius 1 is 1.33 bits per heavy atom. The number of nitrogens with one attached hydrogen (secondary N) is 2. The van der Waals surface area contributed by atoms with E-state index >= 15 is 0 Å². The Kier molecular flexibility index (Phi) is 5.10. The average molecular weight is 327 g/mol. The lowest BCUT2D eigenvalue weighted by Crippen LogP contribution is -2.11. The molecule has 0 spiro atoms. The molecule has 0 aliphatic heterocycles. The third-order valence-corrected chi connectivity index (χ3v) is 4.03. The fraction of sp³-hybridized carbons (Fsp3) is 0.333. The van der Waals surface area contributed by atoms with Gasteiger partial charge in [-0.1, -0.05) is 0 Å². The van der Waals surface area contributed by atoms with Crippen LogP contribution in [0.5, 0.6) is 0 Å². The van der Waals surface area contributed by atoms with Gasteiger partial charge in [-0.25, -0.2) is 9.97 Å². The molecule has 2 aromatic heterocycles. The second kappa shape index (κ2) is 6.82. The van der Waals surface area contributed by atoms with Crippen molar-refractivity contribution < 1.29 is 0 Å². The Bertz CT molecular complexity index is 500. The van der Waals surface area contributed by atoms with Crippen molar-refractivity contribution in [1.82, 2.24) is 15.3 Å². The summed E-state index contributed by atoms with van der Waals surface area (Å²) in [5, 5.41) is 6.35. The van der Waals surface area contributed by atoms with Crippen molar-refractivity contribution in [2.24, 2.45) is 0 Å². The molecule has 0 bridgehead atoms. The van der Waals surface area contributed by atoms with Crippen LogP contribution in [-0.4, -0.2) is 23.6 Å². The molecule has 2 heterocycles. The highest BCUT2D eigenvalue weighted by atomic mass is 79.9. The minimum atomic E-state index is 0.688. The lowest BCUT2D eigenvalue weighted by atomic mass is 10.3. The molecule has 0 unspecified atom stereocenters. The Balaban J connectivity index is 1.84. The summed E-state index contributed by atoms with van der Waals surface area (Å²) in [6.07, 6.45) is 2.78. The molecule has 0 aliphatic rings. The molecule has 0 aromatic carbocycles. The van der Waals surface area contributed by atoms with E-state index in [0.29, 0.717) is 6.54 Å². The van der Waals surface area contributed by atoms with Gasteiger partial charge in [-0.2, -0.15) is 0 Å². The molecule has 18 heavy (non-hydrogen) atoms. The van der Waals surface area contributed by atoms with Crippen LogP contribution in [0.15, 0.2) is 28.2 Å². The Hall–Kier alpha value is -0.980. The molecule has 96 valence electrons. The Morgan fingerprint density at radius 3 is 2.94 bits per heavy atom. The first-order valence-corrected chi connectivity index (χ1v) is 7.33. The van der Waals surface area contributed by atoms with Crippen molar-refractivity contribution in [3.05, 3.63) is 38.9 Å². The standard InChI is InChI=1S/C12H15BrN4S/c1-14-8-12-16-7-5-11(17-12)15-6-4-9-2-3-10(13)18-9/h2-3,5,7,14H,4,6,8H2,1H3,(H,15,16,17). The van der Waals surface area contributed by atoms with E-state index in [1.165, 1.54) is 8.66 Å². The van der Waals surface area contributed by atoms with Gasteiger partial charge in [-0.05, 0) is 47.6 Å². The van der Waals surface area contributed by atoms with Crippen LogP contribution in [0.2, 0.25) is 0 Å². The second-order valence-corrected chi connectivity index (χ2v) is 6.32. The van der Waals surface area contributed by atoms with Gasteiger partial charge in [0.15, 0.2) is 0 Å². The smallest absolute Gasteiger partial charge is 0.144 e. The molecule has 0 radical (unpaired) electrons. The highest BCUT2D eigenvalue weighted by molar-refractivity contribution is 9.11. The zero-order valence-corrected chi connectivity index (χ0v) is 12.5. The molecule has 6 heteroatoms. The summed E-state index contributed by atoms with van der Waals surface area (Å²) < 4.78 is 1.18. The van der Waals surface area contributed by atoms with Crippen LogP contribution in [0.25, 0.3) is 0 Å². The van der Waals surface area contributed by atoms with Gasteiger partial charge in [0.05, 0.1) is 10.3 Å². The van der Waals surface area contributed by atoms with Crippen LogP contribution in [0.4, 0.5) is 5.82 Å². The molecule has 0 saturated carbocycles. The quantitative estimate of drug-likeness (QED) is 0.856. The van der Waals surface area contributed by atoms with Gasteiger partial charge in [0.1, 0.15) is 11.6 Å². The van der Waals surface area contributed by atoms with E-state index in [9.17, 15) is 0 Å². The number of hydrogen-bond donors (Lipinski definition) is 2. The summed E-state index contributed by atoms with van der Waals surface area (Å²) in [6.45, 7) is 1.57. The highest BCUT2D eigenvalue weighted by Gasteiger charge is 2.00. The van der Waals surface area contributed by atoms with Crippen molar-refractivity contribution in [2.75, 3.05) is 18.9 Å². The SMILES string of the molecule is CNCc1nccc(NCCc2ccc(Br)s2)n1. The zero-order chi connectivity index (χ0) is 12.8. The van der Waals surface area contributed by atoms with Gasteiger partial charge in [0.2, 0.25) is 0 Å². The van der Waals surface area contributed by atoms with E-state index in [-0.39, 0.29) is 0 Å². The number of rotatable bonds is 6. The van der Waals surface area contributed by atoms with Crippen LogP contribution in [0, 0.1) is 0 Å². The first-order chi connectivity index (χ1) is 8.78. The molecule has 0 saturated heterocycles. The van der Waals surface area contributed by atoms with Gasteiger partial charge in [-0.3, -0.25) is 0 Å². The van der Waals surface area contributed by atoms with Crippen LogP contribution in [0.1, 0.15) is 10.7 Å². The maximum atomic E-state index is 4.41. The number of hydrogen-bond acceptors (Lipinski definition) is 5. The summed E-state index contributed by atoms with van der Waals surface area (Å²) in [5.41, 5.74) is 0. The van der Waals surface area contributed by atoms with Crippen molar-refractivity contribution in [1.29, 1.82) is 0 Å². The zero-order valence-electron chi connectivity index (χ0n) is 10.1. The monoisotopic (exact) mass is 326 g/mol. The van der Waals surface area contributed by atoms with Crippen molar-refractivity contribution in [3.63, 3.8) is 0 Å². The van der Waals surface area contributed by atoms with Gasteiger partial charge in [-0.15, -0.1) is 11.3 Å². The molecule has 0 amide bonds. The summed E-state index contributed by atoms with van der Waals surface area (Å²) in [5.74, 6) is 1.69. The lowest BCUT2D eigenvalue weighted by molar-refractivity contribution is 0.758. The average Bonchev–Trinajstić information content (AvgIpc) is 2.76.